The Balaban J connectivity index is 2.20. The highest BCUT2D eigenvalue weighted by atomic mass is 16.6. The lowest BCUT2D eigenvalue weighted by Crippen LogP contribution is -2.06. The van der Waals surface area contributed by atoms with Crippen LogP contribution in [-0.2, 0) is 13.6 Å². The first-order valence-electron chi connectivity index (χ1n) is 5.23. The maximum absolute atomic E-state index is 10.9. The Labute approximate surface area is 107 Å². The van der Waals surface area contributed by atoms with Gasteiger partial charge in [-0.1, -0.05) is 0 Å². The summed E-state index contributed by atoms with van der Waals surface area (Å²) < 4.78 is 1.53. The van der Waals surface area contributed by atoms with E-state index in [1.807, 2.05) is 0 Å². The number of rotatable bonds is 4. The van der Waals surface area contributed by atoms with E-state index in [9.17, 15) is 10.1 Å². The van der Waals surface area contributed by atoms with Crippen molar-refractivity contribution < 1.29 is 4.92 Å². The van der Waals surface area contributed by atoms with E-state index < -0.39 is 4.92 Å². The molecule has 0 bridgehead atoms. The summed E-state index contributed by atoms with van der Waals surface area (Å²) >= 11 is 0. The summed E-state index contributed by atoms with van der Waals surface area (Å²) in [6.07, 6.45) is 2.79. The van der Waals surface area contributed by atoms with Gasteiger partial charge in [-0.2, -0.15) is 10.4 Å². The van der Waals surface area contributed by atoms with Crippen LogP contribution in [0.1, 0.15) is 11.4 Å². The zero-order chi connectivity index (χ0) is 13.8. The summed E-state index contributed by atoms with van der Waals surface area (Å²) in [6, 6.07) is 2.97. The van der Waals surface area contributed by atoms with Crippen LogP contribution in [0.3, 0.4) is 0 Å². The molecule has 9 heteroatoms. The summed E-state index contributed by atoms with van der Waals surface area (Å²) in [6.45, 7) is 0.209. The summed E-state index contributed by atoms with van der Waals surface area (Å²) in [5, 5.41) is 26.4. The number of aryl methyl sites for hydroxylation is 1. The van der Waals surface area contributed by atoms with E-state index in [4.69, 9.17) is 5.26 Å². The topological polar surface area (TPSA) is 123 Å². The number of nitro groups is 1. The van der Waals surface area contributed by atoms with Crippen molar-refractivity contribution in [2.45, 2.75) is 6.54 Å². The van der Waals surface area contributed by atoms with Gasteiger partial charge in [0, 0.05) is 19.3 Å². The number of nitrogens with one attached hydrogen (secondary N) is 1. The molecule has 2 aromatic rings. The molecular weight excluding hydrogens is 250 g/mol. The van der Waals surface area contributed by atoms with Crippen LogP contribution >= 0.6 is 0 Å². The molecule has 0 unspecified atom stereocenters. The van der Waals surface area contributed by atoms with E-state index in [0.717, 1.165) is 0 Å². The second kappa shape index (κ2) is 5.09. The molecule has 0 spiro atoms. The standard InChI is InChI=1S/C10H9N7O2/c1-16-6-14-9(15-16)5-13-10-8(17(18)19)2-7(3-11)4-12-10/h2,4,6H,5H2,1H3,(H,12,13). The fourth-order valence-electron chi connectivity index (χ4n) is 1.42. The zero-order valence-corrected chi connectivity index (χ0v) is 9.94. The SMILES string of the molecule is Cn1cnc(CNc2ncc(C#N)cc2[N+](=O)[O-])n1. The molecule has 0 fully saturated rings. The van der Waals surface area contributed by atoms with Gasteiger partial charge >= 0.3 is 5.69 Å². The van der Waals surface area contributed by atoms with Crippen molar-refractivity contribution in [3.8, 4) is 6.07 Å². The molecule has 0 atom stereocenters. The summed E-state index contributed by atoms with van der Waals surface area (Å²) in [7, 11) is 1.72. The van der Waals surface area contributed by atoms with Crippen LogP contribution in [0, 0.1) is 21.4 Å². The molecule has 0 aliphatic heterocycles. The Kier molecular flexibility index (Phi) is 3.33. The van der Waals surface area contributed by atoms with E-state index in [-0.39, 0.29) is 23.6 Å². The maximum Gasteiger partial charge on any atom is 0.312 e. The van der Waals surface area contributed by atoms with Crippen molar-refractivity contribution in [2.24, 2.45) is 7.05 Å². The van der Waals surface area contributed by atoms with Crippen LogP contribution in [0.5, 0.6) is 0 Å². The lowest BCUT2D eigenvalue weighted by atomic mass is 10.3. The lowest BCUT2D eigenvalue weighted by molar-refractivity contribution is -0.384. The van der Waals surface area contributed by atoms with Crippen LogP contribution in [-0.4, -0.2) is 24.7 Å². The minimum atomic E-state index is -0.595. The fourth-order valence-corrected chi connectivity index (χ4v) is 1.42. The predicted molar refractivity (Wildman–Crippen MR) is 63.9 cm³/mol. The lowest BCUT2D eigenvalue weighted by Gasteiger charge is -2.03. The van der Waals surface area contributed by atoms with E-state index in [2.05, 4.69) is 20.4 Å². The van der Waals surface area contributed by atoms with Gasteiger partial charge in [0.15, 0.2) is 5.82 Å². The normalized spacial score (nSPS) is 9.89. The Morgan fingerprint density at radius 1 is 1.58 bits per heavy atom. The first-order valence-corrected chi connectivity index (χ1v) is 5.23. The van der Waals surface area contributed by atoms with Gasteiger partial charge in [0.05, 0.1) is 17.0 Å². The number of nitriles is 1. The molecule has 9 nitrogen and oxygen atoms in total. The third-order valence-electron chi connectivity index (χ3n) is 2.25. The van der Waals surface area contributed by atoms with Gasteiger partial charge in [0.2, 0.25) is 5.82 Å². The Hall–Kier alpha value is -3.02. The van der Waals surface area contributed by atoms with Crippen molar-refractivity contribution in [1.82, 2.24) is 19.7 Å². The van der Waals surface area contributed by atoms with Gasteiger partial charge < -0.3 is 5.32 Å². The van der Waals surface area contributed by atoms with Crippen LogP contribution in [0.2, 0.25) is 0 Å². The maximum atomic E-state index is 10.9. The summed E-state index contributed by atoms with van der Waals surface area (Å²) in [5.74, 6) is 0.569. The van der Waals surface area contributed by atoms with Crippen molar-refractivity contribution in [3.05, 3.63) is 40.1 Å². The van der Waals surface area contributed by atoms with Gasteiger partial charge in [-0.15, -0.1) is 0 Å². The van der Waals surface area contributed by atoms with Crippen molar-refractivity contribution in [2.75, 3.05) is 5.32 Å². The highest BCUT2D eigenvalue weighted by Crippen LogP contribution is 2.22. The summed E-state index contributed by atoms with van der Waals surface area (Å²) in [5.41, 5.74) is -0.122. The van der Waals surface area contributed by atoms with Crippen LogP contribution in [0.4, 0.5) is 11.5 Å². The molecule has 0 amide bonds. The monoisotopic (exact) mass is 259 g/mol. The smallest absolute Gasteiger partial charge is 0.312 e. The summed E-state index contributed by atoms with van der Waals surface area (Å²) in [4.78, 5) is 18.1. The van der Waals surface area contributed by atoms with E-state index in [1.54, 1.807) is 13.1 Å². The average Bonchev–Trinajstić information content (AvgIpc) is 2.82. The van der Waals surface area contributed by atoms with Gasteiger partial charge in [-0.25, -0.2) is 9.97 Å². The van der Waals surface area contributed by atoms with Crippen LogP contribution < -0.4 is 5.32 Å². The highest BCUT2D eigenvalue weighted by molar-refractivity contribution is 5.58. The Bertz CT molecular complexity index is 658. The second-order valence-electron chi connectivity index (χ2n) is 3.65. The van der Waals surface area contributed by atoms with E-state index in [1.165, 1.54) is 23.3 Å². The van der Waals surface area contributed by atoms with E-state index in [0.29, 0.717) is 5.82 Å². The first kappa shape index (κ1) is 12.4. The van der Waals surface area contributed by atoms with Crippen molar-refractivity contribution in [1.29, 1.82) is 5.26 Å². The fraction of sp³-hybridized carbons (Fsp3) is 0.200. The molecule has 0 aromatic carbocycles. The van der Waals surface area contributed by atoms with Gasteiger partial charge in [0.25, 0.3) is 0 Å². The molecule has 1 N–H and O–H groups in total. The Morgan fingerprint density at radius 2 is 2.37 bits per heavy atom. The minimum Gasteiger partial charge on any atom is -0.357 e. The number of aromatic nitrogens is 4. The predicted octanol–water partition coefficient (Wildman–Crippen LogP) is 0.602. The minimum absolute atomic E-state index is 0.0800. The number of nitrogens with zero attached hydrogens (tertiary/aromatic N) is 6. The molecular formula is C10H9N7O2. The second-order valence-corrected chi connectivity index (χ2v) is 3.65. The molecule has 0 saturated carbocycles. The Morgan fingerprint density at radius 3 is 2.95 bits per heavy atom. The highest BCUT2D eigenvalue weighted by Gasteiger charge is 2.16. The zero-order valence-electron chi connectivity index (χ0n) is 9.94. The van der Waals surface area contributed by atoms with Gasteiger partial charge in [-0.05, 0) is 0 Å². The first-order chi connectivity index (χ1) is 9.10. The van der Waals surface area contributed by atoms with Crippen LogP contribution in [0.15, 0.2) is 18.6 Å². The molecule has 0 aliphatic carbocycles. The molecule has 0 saturated heterocycles. The molecule has 0 aliphatic rings. The van der Waals surface area contributed by atoms with Crippen molar-refractivity contribution in [3.63, 3.8) is 0 Å². The molecule has 2 rings (SSSR count). The number of hydrogen-bond acceptors (Lipinski definition) is 7. The average molecular weight is 259 g/mol. The third kappa shape index (κ3) is 2.81. The molecule has 0 radical (unpaired) electrons. The van der Waals surface area contributed by atoms with Gasteiger partial charge in [0.1, 0.15) is 12.4 Å². The van der Waals surface area contributed by atoms with Crippen molar-refractivity contribution >= 4 is 11.5 Å². The molecule has 19 heavy (non-hydrogen) atoms. The number of hydrogen-bond donors (Lipinski definition) is 1. The molecule has 2 heterocycles. The van der Waals surface area contributed by atoms with E-state index >= 15 is 0 Å². The quantitative estimate of drug-likeness (QED) is 0.629. The van der Waals surface area contributed by atoms with Gasteiger partial charge in [-0.3, -0.25) is 14.8 Å². The number of pyridine rings is 1. The third-order valence-corrected chi connectivity index (χ3v) is 2.25. The number of anilines is 1. The molecule has 2 aromatic heterocycles. The largest absolute Gasteiger partial charge is 0.357 e. The molecule has 96 valence electrons. The van der Waals surface area contributed by atoms with Crippen LogP contribution in [0.25, 0.3) is 0 Å².